The molecule has 4 rings (SSSR count). The fourth-order valence-electron chi connectivity index (χ4n) is 3.45. The molecule has 1 aromatic heterocycles. The second-order valence-corrected chi connectivity index (χ2v) is 7.67. The van der Waals surface area contributed by atoms with E-state index in [9.17, 15) is 4.79 Å². The van der Waals surface area contributed by atoms with Crippen LogP contribution in [0.3, 0.4) is 0 Å². The van der Waals surface area contributed by atoms with Crippen molar-refractivity contribution < 1.29 is 18.7 Å². The van der Waals surface area contributed by atoms with Gasteiger partial charge in [-0.05, 0) is 49.6 Å². The number of hydrogen-bond acceptors (Lipinski definition) is 5. The summed E-state index contributed by atoms with van der Waals surface area (Å²) >= 11 is 6.15. The predicted molar refractivity (Wildman–Crippen MR) is 115 cm³/mol. The van der Waals surface area contributed by atoms with Crippen molar-refractivity contribution in [2.45, 2.75) is 25.9 Å². The Balaban J connectivity index is 1.82. The van der Waals surface area contributed by atoms with E-state index in [0.29, 0.717) is 34.2 Å². The van der Waals surface area contributed by atoms with Crippen LogP contribution in [0.15, 0.2) is 51.9 Å². The third-order valence-corrected chi connectivity index (χ3v) is 5.35. The predicted octanol–water partition coefficient (Wildman–Crippen LogP) is 4.54. The second kappa shape index (κ2) is 8.90. The number of rotatable bonds is 5. The lowest BCUT2D eigenvalue weighted by Gasteiger charge is -2.12. The van der Waals surface area contributed by atoms with E-state index in [1.165, 1.54) is 0 Å². The zero-order valence-electron chi connectivity index (χ0n) is 16.9. The minimum absolute atomic E-state index is 0.0435. The number of fused-ring (bicyclic) bond motifs is 1. The molecule has 0 aliphatic carbocycles. The number of benzene rings is 2. The molecule has 1 aliphatic heterocycles. The van der Waals surface area contributed by atoms with Gasteiger partial charge in [0.25, 0.3) is 5.91 Å². The molecule has 3 aromatic rings. The molecule has 1 amide bonds. The molecule has 6 nitrogen and oxygen atoms in total. The number of ether oxygens (including phenoxy) is 2. The van der Waals surface area contributed by atoms with E-state index >= 15 is 0 Å². The van der Waals surface area contributed by atoms with E-state index in [4.69, 9.17) is 25.5 Å². The normalized spacial score (nSPS) is 16.8. The lowest BCUT2D eigenvalue weighted by Crippen LogP contribution is -2.34. The maximum absolute atomic E-state index is 13.0. The van der Waals surface area contributed by atoms with Crippen molar-refractivity contribution in [2.24, 2.45) is 4.99 Å². The number of carbonyl (C=O) groups is 1. The summed E-state index contributed by atoms with van der Waals surface area (Å²) in [4.78, 5) is 17.6. The van der Waals surface area contributed by atoms with Crippen LogP contribution in [0.5, 0.6) is 5.75 Å². The topological polar surface area (TPSA) is 73.1 Å². The number of halogens is 1. The van der Waals surface area contributed by atoms with Crippen LogP contribution in [0, 0.1) is 6.92 Å². The summed E-state index contributed by atoms with van der Waals surface area (Å²) in [6.07, 6.45) is 2.00. The molecular weight excluding hydrogens is 404 g/mol. The van der Waals surface area contributed by atoms with E-state index < -0.39 is 0 Å². The van der Waals surface area contributed by atoms with Crippen LogP contribution < -0.4 is 15.6 Å². The van der Waals surface area contributed by atoms with Gasteiger partial charge >= 0.3 is 0 Å². The molecule has 0 radical (unpaired) electrons. The molecule has 1 aliphatic rings. The van der Waals surface area contributed by atoms with Gasteiger partial charge in [-0.1, -0.05) is 29.8 Å². The molecule has 7 heteroatoms. The van der Waals surface area contributed by atoms with Crippen molar-refractivity contribution in [1.82, 2.24) is 5.32 Å². The molecule has 1 saturated heterocycles. The molecule has 1 N–H and O–H groups in total. The van der Waals surface area contributed by atoms with Gasteiger partial charge in [0.15, 0.2) is 11.3 Å². The molecule has 156 valence electrons. The number of para-hydroxylation sites is 1. The van der Waals surface area contributed by atoms with E-state index in [1.807, 2.05) is 25.1 Å². The summed E-state index contributed by atoms with van der Waals surface area (Å²) in [7, 11) is 1.57. The van der Waals surface area contributed by atoms with Crippen LogP contribution in [0.4, 0.5) is 5.69 Å². The van der Waals surface area contributed by atoms with Gasteiger partial charge < -0.3 is 19.2 Å². The second-order valence-electron chi connectivity index (χ2n) is 7.23. The lowest BCUT2D eigenvalue weighted by molar-refractivity contribution is 0.0854. The number of hydrogen-bond donors (Lipinski definition) is 1. The van der Waals surface area contributed by atoms with Gasteiger partial charge in [-0.25, -0.2) is 4.99 Å². The number of nitrogens with one attached hydrogen (secondary N) is 1. The Morgan fingerprint density at radius 3 is 2.93 bits per heavy atom. The number of carbonyl (C=O) groups excluding carboxylic acids is 1. The van der Waals surface area contributed by atoms with E-state index in [-0.39, 0.29) is 17.6 Å². The van der Waals surface area contributed by atoms with Crippen molar-refractivity contribution in [3.8, 4) is 5.75 Å². The molecular formula is C23H23ClN2O4. The van der Waals surface area contributed by atoms with Gasteiger partial charge in [-0.3, -0.25) is 4.79 Å². The zero-order chi connectivity index (χ0) is 21.1. The molecule has 2 aromatic carbocycles. The van der Waals surface area contributed by atoms with E-state index in [0.717, 1.165) is 30.4 Å². The number of nitrogens with zero attached hydrogens (tertiary/aromatic N) is 1. The van der Waals surface area contributed by atoms with Gasteiger partial charge in [0.05, 0.1) is 18.9 Å². The van der Waals surface area contributed by atoms with Crippen LogP contribution in [0.1, 0.15) is 28.8 Å². The Morgan fingerprint density at radius 2 is 2.17 bits per heavy atom. The summed E-state index contributed by atoms with van der Waals surface area (Å²) in [5.41, 5.74) is 2.61. The molecule has 0 saturated carbocycles. The van der Waals surface area contributed by atoms with Gasteiger partial charge in [-0.2, -0.15) is 0 Å². The average Bonchev–Trinajstić information content (AvgIpc) is 3.27. The van der Waals surface area contributed by atoms with Crippen LogP contribution in [0.25, 0.3) is 11.0 Å². The van der Waals surface area contributed by atoms with E-state index in [2.05, 4.69) is 10.3 Å². The first kappa shape index (κ1) is 20.4. The first-order valence-electron chi connectivity index (χ1n) is 9.86. The van der Waals surface area contributed by atoms with Crippen molar-refractivity contribution >= 4 is 34.2 Å². The first-order valence-corrected chi connectivity index (χ1v) is 10.2. The summed E-state index contributed by atoms with van der Waals surface area (Å²) in [6, 6.07) is 12.7. The molecule has 2 heterocycles. The number of methoxy groups -OCH3 is 1. The molecule has 30 heavy (non-hydrogen) atoms. The van der Waals surface area contributed by atoms with Crippen molar-refractivity contribution in [1.29, 1.82) is 0 Å². The first-order chi connectivity index (χ1) is 14.5. The van der Waals surface area contributed by atoms with E-state index in [1.54, 1.807) is 31.4 Å². The van der Waals surface area contributed by atoms with Crippen molar-refractivity contribution in [2.75, 3.05) is 20.3 Å². The maximum Gasteiger partial charge on any atom is 0.256 e. The van der Waals surface area contributed by atoms with Gasteiger partial charge in [0.2, 0.25) is 5.55 Å². The highest BCUT2D eigenvalue weighted by molar-refractivity contribution is 6.30. The highest BCUT2D eigenvalue weighted by Crippen LogP contribution is 2.26. The largest absolute Gasteiger partial charge is 0.493 e. The summed E-state index contributed by atoms with van der Waals surface area (Å²) in [6.45, 7) is 3.11. The Labute approximate surface area is 179 Å². The molecule has 0 unspecified atom stereocenters. The molecule has 0 spiro atoms. The van der Waals surface area contributed by atoms with Crippen LogP contribution in [-0.4, -0.2) is 32.3 Å². The fraction of sp³-hybridized carbons (Fsp3) is 0.304. The third-order valence-electron chi connectivity index (χ3n) is 5.11. The quantitative estimate of drug-likeness (QED) is 0.649. The van der Waals surface area contributed by atoms with Crippen LogP contribution in [-0.2, 0) is 4.74 Å². The minimum Gasteiger partial charge on any atom is -0.493 e. The number of aryl methyl sites for hydroxylation is 1. The highest BCUT2D eigenvalue weighted by atomic mass is 35.5. The fourth-order valence-corrected chi connectivity index (χ4v) is 3.62. The number of amides is 1. The van der Waals surface area contributed by atoms with Crippen molar-refractivity contribution in [3.63, 3.8) is 0 Å². The Morgan fingerprint density at radius 1 is 1.30 bits per heavy atom. The Kier molecular flexibility index (Phi) is 6.06. The minimum atomic E-state index is -0.266. The van der Waals surface area contributed by atoms with Gasteiger partial charge in [0, 0.05) is 23.6 Å². The summed E-state index contributed by atoms with van der Waals surface area (Å²) in [5, 5.41) is 4.25. The SMILES string of the molecule is COc1cccc2cc(C(=O)NC[C@H]3CCCO3)c(=Nc3cc(Cl)ccc3C)oc12. The third kappa shape index (κ3) is 4.35. The van der Waals surface area contributed by atoms with Crippen LogP contribution in [0.2, 0.25) is 5.02 Å². The maximum atomic E-state index is 13.0. The average molecular weight is 427 g/mol. The summed E-state index contributed by atoms with van der Waals surface area (Å²) in [5.74, 6) is 0.301. The Bertz CT molecular complexity index is 1150. The molecule has 1 atom stereocenters. The molecule has 0 bridgehead atoms. The zero-order valence-corrected chi connectivity index (χ0v) is 17.7. The van der Waals surface area contributed by atoms with Crippen molar-refractivity contribution in [3.05, 3.63) is 64.2 Å². The van der Waals surface area contributed by atoms with Crippen LogP contribution >= 0.6 is 11.6 Å². The van der Waals surface area contributed by atoms with Gasteiger partial charge in [0.1, 0.15) is 5.56 Å². The standard InChI is InChI=1S/C23H23ClN2O4/c1-14-8-9-16(24)12-19(14)26-23-18(22(27)25-13-17-6-4-10-29-17)11-15-5-3-7-20(28-2)21(15)30-23/h3,5,7-9,11-12,17H,4,6,10,13H2,1-2H3,(H,25,27)/t17-/m1/s1. The highest BCUT2D eigenvalue weighted by Gasteiger charge is 2.19. The summed E-state index contributed by atoms with van der Waals surface area (Å²) < 4.78 is 17.1. The van der Waals surface area contributed by atoms with Gasteiger partial charge in [-0.15, -0.1) is 0 Å². The monoisotopic (exact) mass is 426 g/mol. The lowest BCUT2D eigenvalue weighted by atomic mass is 10.1. The molecule has 1 fully saturated rings. The smallest absolute Gasteiger partial charge is 0.256 e. The Hall–Kier alpha value is -2.83.